The van der Waals surface area contributed by atoms with Gasteiger partial charge in [-0.15, -0.1) is 5.10 Å². The summed E-state index contributed by atoms with van der Waals surface area (Å²) < 4.78 is 23.4. The lowest BCUT2D eigenvalue weighted by molar-refractivity contribution is -0.917. The first-order valence-corrected chi connectivity index (χ1v) is 9.61. The average Bonchev–Trinajstić information content (AvgIpc) is 3.09. The van der Waals surface area contributed by atoms with Crippen LogP contribution in [0.25, 0.3) is 11.5 Å². The van der Waals surface area contributed by atoms with Gasteiger partial charge in [-0.1, -0.05) is 0 Å². The van der Waals surface area contributed by atoms with Crippen LogP contribution in [-0.4, -0.2) is 38.2 Å². The number of quaternary nitrogens is 1. The van der Waals surface area contributed by atoms with Crippen molar-refractivity contribution in [2.45, 2.75) is 20.1 Å². The van der Waals surface area contributed by atoms with Crippen molar-refractivity contribution < 1.29 is 23.5 Å². The number of ether oxygens (including phenoxy) is 3. The number of aromatic nitrogens is 2. The van der Waals surface area contributed by atoms with E-state index in [1.807, 2.05) is 36.4 Å². The third-order valence-corrected chi connectivity index (χ3v) is 4.99. The number of nitrogens with zero attached hydrogens (tertiary/aromatic N) is 2. The molecule has 7 nitrogen and oxygen atoms in total. The van der Waals surface area contributed by atoms with Crippen LogP contribution in [0.5, 0.6) is 17.2 Å². The summed E-state index contributed by atoms with van der Waals surface area (Å²) in [6.45, 7) is 3.42. The Hall–Kier alpha value is -2.84. The number of hydrogen-bond donors (Lipinski definition) is 1. The van der Waals surface area contributed by atoms with E-state index in [2.05, 4.69) is 19.1 Å². The summed E-state index contributed by atoms with van der Waals surface area (Å²) in [5.41, 5.74) is 3.17. The molecule has 1 unspecified atom stereocenters. The molecule has 0 spiro atoms. The summed E-state index contributed by atoms with van der Waals surface area (Å²) in [4.78, 5) is 1.55. The molecule has 0 bridgehead atoms. The van der Waals surface area contributed by atoms with Gasteiger partial charge in [0.05, 0.1) is 28.4 Å². The van der Waals surface area contributed by atoms with Crippen LogP contribution < -0.4 is 19.1 Å². The first-order chi connectivity index (χ1) is 13.9. The Labute approximate surface area is 175 Å². The second kappa shape index (κ2) is 9.11. The number of benzene rings is 2. The van der Waals surface area contributed by atoms with Gasteiger partial charge in [0.15, 0.2) is 18.2 Å². The average molecular weight is 417 g/mol. The van der Waals surface area contributed by atoms with Crippen molar-refractivity contribution in [1.82, 2.24) is 9.78 Å². The normalized spacial score (nSPS) is 11.9. The van der Waals surface area contributed by atoms with Crippen LogP contribution in [0.4, 0.5) is 0 Å². The summed E-state index contributed by atoms with van der Waals surface area (Å²) in [7, 11) is 7.00. The number of methoxy groups -OCH3 is 3. The maximum absolute atomic E-state index is 5.69. The van der Waals surface area contributed by atoms with Crippen LogP contribution >= 0.6 is 12.2 Å². The number of nitrogens with one attached hydrogen (secondary N) is 1. The van der Waals surface area contributed by atoms with Gasteiger partial charge in [0.1, 0.15) is 12.3 Å². The maximum Gasteiger partial charge on any atom is 0.292 e. The van der Waals surface area contributed by atoms with Gasteiger partial charge >= 0.3 is 0 Å². The van der Waals surface area contributed by atoms with E-state index in [9.17, 15) is 0 Å². The first kappa shape index (κ1) is 20.9. The lowest BCUT2D eigenvalue weighted by Crippen LogP contribution is -3.07. The van der Waals surface area contributed by atoms with Crippen molar-refractivity contribution in [1.29, 1.82) is 0 Å². The zero-order valence-corrected chi connectivity index (χ0v) is 18.1. The van der Waals surface area contributed by atoms with E-state index in [-0.39, 0.29) is 0 Å². The Morgan fingerprint density at radius 2 is 1.69 bits per heavy atom. The Bertz CT molecular complexity index is 1030. The van der Waals surface area contributed by atoms with Crippen molar-refractivity contribution in [2.75, 3.05) is 28.4 Å². The van der Waals surface area contributed by atoms with E-state index >= 15 is 0 Å². The van der Waals surface area contributed by atoms with Crippen molar-refractivity contribution in [3.63, 3.8) is 0 Å². The largest absolute Gasteiger partial charge is 0.497 e. The molecule has 0 saturated heterocycles. The molecule has 0 amide bonds. The van der Waals surface area contributed by atoms with Crippen molar-refractivity contribution in [2.24, 2.45) is 0 Å². The predicted octanol–water partition coefficient (Wildman–Crippen LogP) is 2.88. The quantitative estimate of drug-likeness (QED) is 0.570. The summed E-state index contributed by atoms with van der Waals surface area (Å²) in [6.07, 6.45) is 0. The van der Waals surface area contributed by atoms with Gasteiger partial charge in [-0.25, -0.2) is 0 Å². The zero-order valence-electron chi connectivity index (χ0n) is 17.3. The van der Waals surface area contributed by atoms with Gasteiger partial charge in [0.2, 0.25) is 5.89 Å². The Morgan fingerprint density at radius 1 is 1.03 bits per heavy atom. The molecule has 0 fully saturated rings. The fourth-order valence-corrected chi connectivity index (χ4v) is 3.29. The minimum absolute atomic E-state index is 0.346. The van der Waals surface area contributed by atoms with E-state index in [1.54, 1.807) is 26.0 Å². The highest BCUT2D eigenvalue weighted by Crippen LogP contribution is 2.30. The number of rotatable bonds is 8. The molecule has 0 aliphatic rings. The van der Waals surface area contributed by atoms with Crippen LogP contribution in [0, 0.1) is 11.8 Å². The van der Waals surface area contributed by atoms with E-state index < -0.39 is 0 Å². The molecular weight excluding hydrogens is 390 g/mol. The summed E-state index contributed by atoms with van der Waals surface area (Å²) in [6, 6.07) is 11.5. The standard InChI is InChI=1S/C21H25N3O4S/c1-14-10-18(26-4)19(27-5)11-16(14)12-23(2)13-24-21(29)28-20(22-24)15-6-8-17(25-3)9-7-15/h6-11H,12-13H2,1-5H3/p+1. The molecule has 3 rings (SSSR count). The number of aryl methyl sites for hydroxylation is 1. The number of hydrogen-bond acceptors (Lipinski definition) is 6. The molecule has 0 radical (unpaired) electrons. The molecule has 0 aliphatic carbocycles. The minimum atomic E-state index is 0.346. The van der Waals surface area contributed by atoms with Gasteiger partial charge in [-0.3, -0.25) is 0 Å². The molecule has 8 heteroatoms. The summed E-state index contributed by atoms with van der Waals surface area (Å²) in [5, 5.41) is 4.54. The molecular formula is C21H26N3O4S+. The first-order valence-electron chi connectivity index (χ1n) is 9.20. The smallest absolute Gasteiger partial charge is 0.292 e. The molecule has 1 N–H and O–H groups in total. The fraction of sp³-hybridized carbons (Fsp3) is 0.333. The van der Waals surface area contributed by atoms with E-state index in [1.165, 1.54) is 10.5 Å². The molecule has 1 aromatic heterocycles. The monoisotopic (exact) mass is 416 g/mol. The molecule has 0 saturated carbocycles. The molecule has 1 atom stereocenters. The summed E-state index contributed by atoms with van der Waals surface area (Å²) >= 11 is 5.36. The lowest BCUT2D eigenvalue weighted by atomic mass is 10.1. The van der Waals surface area contributed by atoms with Gasteiger partial charge in [0, 0.05) is 11.1 Å². The Balaban J connectivity index is 1.75. The molecule has 154 valence electrons. The Morgan fingerprint density at radius 3 is 2.31 bits per heavy atom. The second-order valence-electron chi connectivity index (χ2n) is 6.83. The van der Waals surface area contributed by atoms with Crippen LogP contribution in [-0.2, 0) is 13.2 Å². The highest BCUT2D eigenvalue weighted by molar-refractivity contribution is 7.71. The topological polar surface area (TPSA) is 63.1 Å². The van der Waals surface area contributed by atoms with Crippen LogP contribution in [0.2, 0.25) is 0 Å². The highest BCUT2D eigenvalue weighted by Gasteiger charge is 2.15. The van der Waals surface area contributed by atoms with Gasteiger partial charge in [-0.05, 0) is 61.1 Å². The third kappa shape index (κ3) is 4.78. The Kier molecular flexibility index (Phi) is 6.56. The second-order valence-corrected chi connectivity index (χ2v) is 7.18. The van der Waals surface area contributed by atoms with E-state index in [0.717, 1.165) is 34.9 Å². The third-order valence-electron chi connectivity index (χ3n) is 4.70. The minimum Gasteiger partial charge on any atom is -0.497 e. The van der Waals surface area contributed by atoms with Gasteiger partial charge in [-0.2, -0.15) is 4.68 Å². The summed E-state index contributed by atoms with van der Waals surface area (Å²) in [5.74, 6) is 2.73. The van der Waals surface area contributed by atoms with Crippen LogP contribution in [0.3, 0.4) is 0 Å². The van der Waals surface area contributed by atoms with E-state index in [4.69, 9.17) is 30.8 Å². The molecule has 0 aliphatic heterocycles. The van der Waals surface area contributed by atoms with Crippen LogP contribution in [0.1, 0.15) is 11.1 Å². The SMILES string of the molecule is COc1ccc(-c2nn(C[NH+](C)Cc3cc(OC)c(OC)cc3C)c(=S)o2)cc1. The highest BCUT2D eigenvalue weighted by atomic mass is 32.1. The molecule has 3 aromatic rings. The fourth-order valence-electron chi connectivity index (χ4n) is 3.11. The van der Waals surface area contributed by atoms with Gasteiger partial charge < -0.3 is 23.5 Å². The van der Waals surface area contributed by atoms with Crippen molar-refractivity contribution in [3.8, 4) is 28.7 Å². The van der Waals surface area contributed by atoms with Crippen LogP contribution in [0.15, 0.2) is 40.8 Å². The lowest BCUT2D eigenvalue weighted by Gasteiger charge is -2.17. The molecule has 1 heterocycles. The maximum atomic E-state index is 5.69. The van der Waals surface area contributed by atoms with Gasteiger partial charge in [0.25, 0.3) is 4.84 Å². The predicted molar refractivity (Wildman–Crippen MR) is 112 cm³/mol. The van der Waals surface area contributed by atoms with Crippen molar-refractivity contribution in [3.05, 3.63) is 52.4 Å². The molecule has 2 aromatic carbocycles. The van der Waals surface area contributed by atoms with Crippen molar-refractivity contribution >= 4 is 12.2 Å². The van der Waals surface area contributed by atoms with E-state index in [0.29, 0.717) is 17.4 Å². The zero-order chi connectivity index (χ0) is 21.0. The molecule has 29 heavy (non-hydrogen) atoms.